The summed E-state index contributed by atoms with van der Waals surface area (Å²) in [5.74, 6) is 0.643. The van der Waals surface area contributed by atoms with Gasteiger partial charge < -0.3 is 5.73 Å². The quantitative estimate of drug-likeness (QED) is 0.800. The molecule has 1 aromatic rings. The van der Waals surface area contributed by atoms with E-state index in [9.17, 15) is 8.42 Å². The van der Waals surface area contributed by atoms with Gasteiger partial charge in [0.2, 0.25) is 10.0 Å². The minimum Gasteiger partial charge on any atom is -0.399 e. The molecule has 0 bridgehead atoms. The number of hydrogen-bond acceptors (Lipinski definition) is 4. The molecule has 1 aromatic carbocycles. The van der Waals surface area contributed by atoms with Crippen LogP contribution in [0.15, 0.2) is 23.1 Å². The fraction of sp³-hybridized carbons (Fsp3) is 0.462. The van der Waals surface area contributed by atoms with Crippen LogP contribution < -0.4 is 10.5 Å². The van der Waals surface area contributed by atoms with E-state index in [4.69, 9.17) is 11.0 Å². The van der Waals surface area contributed by atoms with Crippen molar-refractivity contribution >= 4 is 15.7 Å². The van der Waals surface area contributed by atoms with Gasteiger partial charge in [-0.05, 0) is 30.5 Å². The summed E-state index contributed by atoms with van der Waals surface area (Å²) < 4.78 is 26.8. The number of nitrogens with one attached hydrogen (secondary N) is 1. The van der Waals surface area contributed by atoms with Crippen LogP contribution in [0.2, 0.25) is 0 Å². The molecule has 1 fully saturated rings. The number of nitrogens with two attached hydrogens (primary N) is 1. The molecule has 0 atom stereocenters. The van der Waals surface area contributed by atoms with Crippen LogP contribution in [0.3, 0.4) is 0 Å². The van der Waals surface area contributed by atoms with E-state index in [1.54, 1.807) is 0 Å². The van der Waals surface area contributed by atoms with Gasteiger partial charge in [-0.3, -0.25) is 0 Å². The van der Waals surface area contributed by atoms with E-state index in [1.165, 1.54) is 37.5 Å². The van der Waals surface area contributed by atoms with E-state index in [0.717, 1.165) is 6.42 Å². The molecule has 0 spiro atoms. The van der Waals surface area contributed by atoms with Crippen molar-refractivity contribution in [3.05, 3.63) is 23.8 Å². The summed E-state index contributed by atoms with van der Waals surface area (Å²) in [6.07, 6.45) is 4.48. The lowest BCUT2D eigenvalue weighted by Gasteiger charge is -2.25. The number of anilines is 1. The van der Waals surface area contributed by atoms with Gasteiger partial charge >= 0.3 is 0 Å². The maximum absolute atomic E-state index is 12.1. The van der Waals surface area contributed by atoms with Gasteiger partial charge in [-0.15, -0.1) is 0 Å². The van der Waals surface area contributed by atoms with Crippen LogP contribution in [0, 0.1) is 17.2 Å². The van der Waals surface area contributed by atoms with Crippen LogP contribution in [0.5, 0.6) is 0 Å². The van der Waals surface area contributed by atoms with E-state index in [1.807, 2.05) is 6.07 Å². The summed E-state index contributed by atoms with van der Waals surface area (Å²) in [6, 6.07) is 6.10. The van der Waals surface area contributed by atoms with Crippen molar-refractivity contribution < 1.29 is 8.42 Å². The number of hydrogen-bond donors (Lipinski definition) is 2. The molecule has 0 saturated heterocycles. The molecule has 102 valence electrons. The zero-order valence-corrected chi connectivity index (χ0v) is 11.4. The van der Waals surface area contributed by atoms with Crippen LogP contribution in [-0.4, -0.2) is 15.0 Å². The van der Waals surface area contributed by atoms with Crippen molar-refractivity contribution in [2.75, 3.05) is 12.3 Å². The minimum atomic E-state index is -3.63. The first-order valence-electron chi connectivity index (χ1n) is 6.32. The van der Waals surface area contributed by atoms with Crippen molar-refractivity contribution in [3.8, 4) is 6.07 Å². The molecule has 1 saturated carbocycles. The van der Waals surface area contributed by atoms with Gasteiger partial charge in [0.15, 0.2) is 0 Å². The number of benzene rings is 1. The highest BCUT2D eigenvalue weighted by Gasteiger charge is 2.21. The first-order valence-corrected chi connectivity index (χ1v) is 7.80. The Balaban J connectivity index is 2.08. The second-order valence-corrected chi connectivity index (χ2v) is 6.59. The van der Waals surface area contributed by atoms with E-state index in [2.05, 4.69) is 4.72 Å². The van der Waals surface area contributed by atoms with Gasteiger partial charge in [0.1, 0.15) is 6.07 Å². The maximum Gasteiger partial charge on any atom is 0.241 e. The van der Waals surface area contributed by atoms with Gasteiger partial charge in [0, 0.05) is 12.2 Å². The second-order valence-electron chi connectivity index (χ2n) is 4.85. The highest BCUT2D eigenvalue weighted by atomic mass is 32.2. The van der Waals surface area contributed by atoms with Crippen molar-refractivity contribution in [1.29, 1.82) is 5.26 Å². The fourth-order valence-electron chi connectivity index (χ4n) is 2.13. The third-order valence-corrected chi connectivity index (χ3v) is 5.00. The number of sulfonamides is 1. The normalized spacial score (nSPS) is 15.7. The molecule has 5 nitrogen and oxygen atoms in total. The van der Waals surface area contributed by atoms with Crippen LogP contribution in [0.4, 0.5) is 5.69 Å². The first-order chi connectivity index (χ1) is 9.03. The molecule has 0 radical (unpaired) electrons. The van der Waals surface area contributed by atoms with Crippen LogP contribution in [-0.2, 0) is 10.0 Å². The van der Waals surface area contributed by atoms with Gasteiger partial charge in [-0.1, -0.05) is 19.3 Å². The Hall–Kier alpha value is -1.58. The molecule has 1 aliphatic rings. The summed E-state index contributed by atoms with van der Waals surface area (Å²) in [6.45, 7) is 0.419. The van der Waals surface area contributed by atoms with E-state index in [-0.39, 0.29) is 10.5 Å². The predicted octanol–water partition coefficient (Wildman–Crippen LogP) is 1.61. The van der Waals surface area contributed by atoms with Crippen LogP contribution >= 0.6 is 0 Å². The monoisotopic (exact) mass is 279 g/mol. The molecule has 0 aliphatic heterocycles. The summed E-state index contributed by atoms with van der Waals surface area (Å²) in [4.78, 5) is -0.00203. The molecule has 6 heteroatoms. The lowest BCUT2D eigenvalue weighted by molar-refractivity contribution is 0.297. The summed E-state index contributed by atoms with van der Waals surface area (Å²) in [7, 11) is -3.63. The topological polar surface area (TPSA) is 96.0 Å². The van der Waals surface area contributed by atoms with Crippen molar-refractivity contribution in [1.82, 2.24) is 4.72 Å². The van der Waals surface area contributed by atoms with Gasteiger partial charge in [0.25, 0.3) is 0 Å². The molecule has 2 rings (SSSR count). The zero-order valence-electron chi connectivity index (χ0n) is 10.6. The number of rotatable bonds is 5. The van der Waals surface area contributed by atoms with E-state index >= 15 is 0 Å². The van der Waals surface area contributed by atoms with Crippen molar-refractivity contribution in [2.24, 2.45) is 5.92 Å². The van der Waals surface area contributed by atoms with Gasteiger partial charge in [0.05, 0.1) is 10.5 Å². The van der Waals surface area contributed by atoms with Gasteiger partial charge in [-0.25, -0.2) is 13.1 Å². The second kappa shape index (κ2) is 5.59. The lowest BCUT2D eigenvalue weighted by Crippen LogP contribution is -2.28. The Labute approximate surface area is 113 Å². The molecule has 0 unspecified atom stereocenters. The Morgan fingerprint density at radius 1 is 1.42 bits per heavy atom. The molecular formula is C13H17N3O2S. The van der Waals surface area contributed by atoms with E-state index in [0.29, 0.717) is 18.2 Å². The minimum absolute atomic E-state index is 0.00203. The lowest BCUT2D eigenvalue weighted by atomic mass is 9.83. The number of nitrogen functional groups attached to an aromatic ring is 1. The van der Waals surface area contributed by atoms with Crippen molar-refractivity contribution in [3.63, 3.8) is 0 Å². The molecule has 0 heterocycles. The zero-order chi connectivity index (χ0) is 13.9. The van der Waals surface area contributed by atoms with Crippen molar-refractivity contribution in [2.45, 2.75) is 30.6 Å². The predicted molar refractivity (Wildman–Crippen MR) is 72.7 cm³/mol. The number of nitrogens with zero attached hydrogens (tertiary/aromatic N) is 1. The highest BCUT2D eigenvalue weighted by molar-refractivity contribution is 7.89. The Morgan fingerprint density at radius 3 is 2.74 bits per heavy atom. The molecule has 3 N–H and O–H groups in total. The van der Waals surface area contributed by atoms with Gasteiger partial charge in [-0.2, -0.15) is 5.26 Å². The largest absolute Gasteiger partial charge is 0.399 e. The molecule has 0 aromatic heterocycles. The Bertz CT molecular complexity index is 601. The molecule has 1 aliphatic carbocycles. The van der Waals surface area contributed by atoms with Crippen LogP contribution in [0.1, 0.15) is 31.2 Å². The fourth-order valence-corrected chi connectivity index (χ4v) is 3.31. The first kappa shape index (κ1) is 13.8. The summed E-state index contributed by atoms with van der Waals surface area (Å²) in [5, 5.41) is 8.97. The molecule has 0 amide bonds. The molecule has 19 heavy (non-hydrogen) atoms. The average Bonchev–Trinajstić information content (AvgIpc) is 2.31. The van der Waals surface area contributed by atoms with E-state index < -0.39 is 10.0 Å². The average molecular weight is 279 g/mol. The third kappa shape index (κ3) is 3.25. The summed E-state index contributed by atoms with van der Waals surface area (Å²) >= 11 is 0. The Kier molecular flexibility index (Phi) is 4.08. The highest BCUT2D eigenvalue weighted by Crippen LogP contribution is 2.29. The standard InChI is InChI=1S/C13H17N3O2S/c14-9-11-8-12(15)4-5-13(11)19(17,18)16-7-6-10-2-1-3-10/h4-5,8,10,16H,1-3,6-7,15H2. The maximum atomic E-state index is 12.1. The third-order valence-electron chi connectivity index (χ3n) is 3.48. The smallest absolute Gasteiger partial charge is 0.241 e. The number of nitriles is 1. The Morgan fingerprint density at radius 2 is 2.16 bits per heavy atom. The van der Waals surface area contributed by atoms with Crippen LogP contribution in [0.25, 0.3) is 0 Å². The SMILES string of the molecule is N#Cc1cc(N)ccc1S(=O)(=O)NCCC1CCC1. The molecular weight excluding hydrogens is 262 g/mol. The summed E-state index contributed by atoms with van der Waals surface area (Å²) in [5.41, 5.74) is 6.00.